The molecule has 0 aliphatic carbocycles. The molecule has 0 atom stereocenters. The summed E-state index contributed by atoms with van der Waals surface area (Å²) in [6.07, 6.45) is 0.671. The number of aromatic nitrogens is 2. The molecule has 0 fully saturated rings. The zero-order chi connectivity index (χ0) is 19.8. The zero-order valence-corrected chi connectivity index (χ0v) is 16.4. The topological polar surface area (TPSA) is 77.2 Å². The Labute approximate surface area is 168 Å². The normalized spacial score (nSPS) is 10.8. The van der Waals surface area contributed by atoms with Gasteiger partial charge in [0.2, 0.25) is 17.6 Å². The highest BCUT2D eigenvalue weighted by atomic mass is 35.5. The summed E-state index contributed by atoms with van der Waals surface area (Å²) in [7, 11) is 0. The van der Waals surface area contributed by atoms with E-state index in [4.69, 9.17) is 20.9 Å². The van der Waals surface area contributed by atoms with E-state index in [0.717, 1.165) is 16.7 Å². The lowest BCUT2D eigenvalue weighted by molar-refractivity contribution is -0.121. The van der Waals surface area contributed by atoms with E-state index < -0.39 is 0 Å². The fraction of sp³-hybridized carbons (Fsp3) is 0.286. The van der Waals surface area contributed by atoms with E-state index in [1.54, 1.807) is 12.1 Å². The minimum Gasteiger partial charge on any atom is -0.377 e. The van der Waals surface area contributed by atoms with E-state index in [2.05, 4.69) is 15.5 Å². The molecule has 0 unspecified atom stereocenters. The van der Waals surface area contributed by atoms with Crippen LogP contribution in [0.25, 0.3) is 11.4 Å². The zero-order valence-electron chi connectivity index (χ0n) is 15.7. The number of halogens is 1. The number of rotatable bonds is 9. The van der Waals surface area contributed by atoms with Gasteiger partial charge in [0.05, 0.1) is 6.61 Å². The third-order valence-corrected chi connectivity index (χ3v) is 4.37. The van der Waals surface area contributed by atoms with Gasteiger partial charge in [0.15, 0.2) is 0 Å². The third kappa shape index (κ3) is 5.90. The molecular weight excluding hydrogens is 378 g/mol. The van der Waals surface area contributed by atoms with Crippen LogP contribution in [0.2, 0.25) is 5.02 Å². The number of nitrogens with zero attached hydrogens (tertiary/aromatic N) is 2. The monoisotopic (exact) mass is 399 g/mol. The first-order chi connectivity index (χ1) is 13.6. The number of ether oxygens (including phenoxy) is 1. The predicted octanol–water partition coefficient (Wildman–Crippen LogP) is 4.18. The Balaban J connectivity index is 1.44. The van der Waals surface area contributed by atoms with Crippen molar-refractivity contribution in [1.29, 1.82) is 0 Å². The molecule has 0 aliphatic heterocycles. The first-order valence-corrected chi connectivity index (χ1v) is 9.52. The summed E-state index contributed by atoms with van der Waals surface area (Å²) in [4.78, 5) is 16.4. The molecule has 6 nitrogen and oxygen atoms in total. The highest BCUT2D eigenvalue weighted by Crippen LogP contribution is 2.19. The first-order valence-electron chi connectivity index (χ1n) is 9.15. The standard InChI is InChI=1S/C21H22ClN3O3/c1-2-27-14-16-5-3-15(4-6-16)13-23-19(26)11-12-20-24-21(25-28-20)17-7-9-18(22)10-8-17/h3-10H,2,11-14H2,1H3,(H,23,26). The Kier molecular flexibility index (Phi) is 7.17. The van der Waals surface area contributed by atoms with Gasteiger partial charge in [-0.25, -0.2) is 0 Å². The van der Waals surface area contributed by atoms with Crippen LogP contribution in [-0.2, 0) is 29.1 Å². The Bertz CT molecular complexity index is 892. The number of nitrogens with one attached hydrogen (secondary N) is 1. The largest absolute Gasteiger partial charge is 0.377 e. The Morgan fingerprint density at radius 2 is 1.82 bits per heavy atom. The molecule has 0 spiro atoms. The number of aryl methyl sites for hydroxylation is 1. The van der Waals surface area contributed by atoms with E-state index in [0.29, 0.717) is 42.9 Å². The van der Waals surface area contributed by atoms with Crippen molar-refractivity contribution >= 4 is 17.5 Å². The predicted molar refractivity (Wildman–Crippen MR) is 107 cm³/mol. The minimum atomic E-state index is -0.0652. The van der Waals surface area contributed by atoms with Gasteiger partial charge in [-0.3, -0.25) is 4.79 Å². The molecule has 3 rings (SSSR count). The molecule has 0 radical (unpaired) electrons. The second-order valence-corrected chi connectivity index (χ2v) is 6.69. The molecule has 1 aromatic heterocycles. The van der Waals surface area contributed by atoms with E-state index in [-0.39, 0.29) is 12.3 Å². The van der Waals surface area contributed by atoms with Crippen molar-refractivity contribution in [2.75, 3.05) is 6.61 Å². The van der Waals surface area contributed by atoms with Gasteiger partial charge in [0, 0.05) is 36.6 Å². The fourth-order valence-corrected chi connectivity index (χ4v) is 2.68. The Morgan fingerprint density at radius 1 is 1.11 bits per heavy atom. The van der Waals surface area contributed by atoms with Gasteiger partial charge in [-0.2, -0.15) is 4.98 Å². The van der Waals surface area contributed by atoms with Gasteiger partial charge in [-0.1, -0.05) is 41.0 Å². The number of benzene rings is 2. The van der Waals surface area contributed by atoms with Crippen LogP contribution in [0.1, 0.15) is 30.4 Å². The van der Waals surface area contributed by atoms with Gasteiger partial charge >= 0.3 is 0 Å². The molecule has 146 valence electrons. The fourth-order valence-electron chi connectivity index (χ4n) is 2.56. The first kappa shape index (κ1) is 20.0. The maximum atomic E-state index is 12.1. The maximum Gasteiger partial charge on any atom is 0.227 e. The van der Waals surface area contributed by atoms with Crippen LogP contribution < -0.4 is 5.32 Å². The molecule has 0 saturated carbocycles. The number of amides is 1. The number of hydrogen-bond acceptors (Lipinski definition) is 5. The summed E-state index contributed by atoms with van der Waals surface area (Å²) in [6.45, 7) is 3.74. The molecule has 3 aromatic rings. The van der Waals surface area contributed by atoms with Crippen LogP contribution in [0.5, 0.6) is 0 Å². The quantitative estimate of drug-likeness (QED) is 0.584. The Hall–Kier alpha value is -2.70. The Morgan fingerprint density at radius 3 is 2.54 bits per heavy atom. The highest BCUT2D eigenvalue weighted by Gasteiger charge is 2.10. The summed E-state index contributed by atoms with van der Waals surface area (Å²) in [5.74, 6) is 0.851. The van der Waals surface area contributed by atoms with Crippen LogP contribution in [0.4, 0.5) is 0 Å². The average Bonchev–Trinajstić information content (AvgIpc) is 3.19. The maximum absolute atomic E-state index is 12.1. The molecule has 1 N–H and O–H groups in total. The van der Waals surface area contributed by atoms with Gasteiger partial charge in [-0.05, 0) is 42.3 Å². The van der Waals surface area contributed by atoms with Crippen molar-refractivity contribution in [3.05, 3.63) is 70.6 Å². The minimum absolute atomic E-state index is 0.0652. The SMILES string of the molecule is CCOCc1ccc(CNC(=O)CCc2nc(-c3ccc(Cl)cc3)no2)cc1. The second-order valence-electron chi connectivity index (χ2n) is 6.25. The third-order valence-electron chi connectivity index (χ3n) is 4.12. The lowest BCUT2D eigenvalue weighted by Gasteiger charge is -2.06. The lowest BCUT2D eigenvalue weighted by Crippen LogP contribution is -2.23. The van der Waals surface area contributed by atoms with Crippen molar-refractivity contribution in [2.45, 2.75) is 32.9 Å². The van der Waals surface area contributed by atoms with Crippen molar-refractivity contribution in [1.82, 2.24) is 15.5 Å². The van der Waals surface area contributed by atoms with Gasteiger partial charge in [0.1, 0.15) is 0 Å². The summed E-state index contributed by atoms with van der Waals surface area (Å²) < 4.78 is 10.6. The number of carbonyl (C=O) groups excluding carboxylic acids is 1. The number of hydrogen-bond donors (Lipinski definition) is 1. The number of carbonyl (C=O) groups is 1. The van der Waals surface area contributed by atoms with Crippen molar-refractivity contribution in [2.24, 2.45) is 0 Å². The molecule has 1 heterocycles. The lowest BCUT2D eigenvalue weighted by atomic mass is 10.1. The van der Waals surface area contributed by atoms with Gasteiger partial charge in [0.25, 0.3) is 0 Å². The summed E-state index contributed by atoms with van der Waals surface area (Å²) in [6, 6.07) is 15.2. The van der Waals surface area contributed by atoms with Crippen LogP contribution in [0, 0.1) is 0 Å². The van der Waals surface area contributed by atoms with Crippen molar-refractivity contribution in [3.63, 3.8) is 0 Å². The van der Waals surface area contributed by atoms with E-state index in [1.165, 1.54) is 0 Å². The van der Waals surface area contributed by atoms with Crippen LogP contribution in [0.15, 0.2) is 53.1 Å². The van der Waals surface area contributed by atoms with Gasteiger partial charge in [-0.15, -0.1) is 0 Å². The van der Waals surface area contributed by atoms with Crippen molar-refractivity contribution in [3.8, 4) is 11.4 Å². The van der Waals surface area contributed by atoms with Crippen LogP contribution in [-0.4, -0.2) is 22.7 Å². The molecule has 7 heteroatoms. The smallest absolute Gasteiger partial charge is 0.227 e. The van der Waals surface area contributed by atoms with Crippen molar-refractivity contribution < 1.29 is 14.1 Å². The molecular formula is C21H22ClN3O3. The summed E-state index contributed by atoms with van der Waals surface area (Å²) in [5, 5.41) is 7.49. The molecule has 0 aliphatic rings. The summed E-state index contributed by atoms with van der Waals surface area (Å²) in [5.41, 5.74) is 2.97. The second kappa shape index (κ2) is 10.0. The van der Waals surface area contributed by atoms with Crippen LogP contribution in [0.3, 0.4) is 0 Å². The van der Waals surface area contributed by atoms with E-state index in [9.17, 15) is 4.79 Å². The van der Waals surface area contributed by atoms with Gasteiger partial charge < -0.3 is 14.6 Å². The average molecular weight is 400 g/mol. The van der Waals surface area contributed by atoms with E-state index >= 15 is 0 Å². The molecule has 0 saturated heterocycles. The molecule has 1 amide bonds. The molecule has 2 aromatic carbocycles. The highest BCUT2D eigenvalue weighted by molar-refractivity contribution is 6.30. The molecule has 0 bridgehead atoms. The van der Waals surface area contributed by atoms with Crippen LogP contribution >= 0.6 is 11.6 Å². The van der Waals surface area contributed by atoms with E-state index in [1.807, 2.05) is 43.3 Å². The summed E-state index contributed by atoms with van der Waals surface area (Å²) >= 11 is 5.88. The molecule has 28 heavy (non-hydrogen) atoms.